The van der Waals surface area contributed by atoms with Crippen LogP contribution in [0.3, 0.4) is 0 Å². The number of carbonyl (C=O) groups excluding carboxylic acids is 2. The van der Waals surface area contributed by atoms with E-state index in [9.17, 15) is 22.8 Å². The van der Waals surface area contributed by atoms with Crippen LogP contribution in [0.2, 0.25) is 0 Å². The van der Waals surface area contributed by atoms with Crippen LogP contribution >= 0.6 is 11.6 Å². The Labute approximate surface area is 130 Å². The van der Waals surface area contributed by atoms with Crippen molar-refractivity contribution in [3.05, 3.63) is 35.4 Å². The van der Waals surface area contributed by atoms with Gasteiger partial charge in [-0.05, 0) is 12.1 Å². The fourth-order valence-corrected chi connectivity index (χ4v) is 2.50. The Kier molecular flexibility index (Phi) is 4.95. The second-order valence-corrected chi connectivity index (χ2v) is 5.12. The molecule has 1 heterocycles. The van der Waals surface area contributed by atoms with E-state index in [1.165, 1.54) is 28.0 Å². The smallest absolute Gasteiger partial charge is 0.338 e. The van der Waals surface area contributed by atoms with Gasteiger partial charge in [-0.1, -0.05) is 12.1 Å². The van der Waals surface area contributed by atoms with Crippen molar-refractivity contribution in [3.63, 3.8) is 0 Å². The molecule has 0 spiro atoms. The Morgan fingerprint density at radius 2 is 1.59 bits per heavy atom. The average molecular weight is 335 g/mol. The highest BCUT2D eigenvalue weighted by atomic mass is 35.5. The molecule has 0 unspecified atom stereocenters. The lowest BCUT2D eigenvalue weighted by Gasteiger charge is -2.34. The summed E-state index contributed by atoms with van der Waals surface area (Å²) in [6.07, 6.45) is -4.58. The summed E-state index contributed by atoms with van der Waals surface area (Å²) in [4.78, 5) is 26.6. The predicted molar refractivity (Wildman–Crippen MR) is 74.6 cm³/mol. The lowest BCUT2D eigenvalue weighted by Crippen LogP contribution is -2.51. The van der Waals surface area contributed by atoms with Gasteiger partial charge in [0.1, 0.15) is 5.88 Å². The molecular weight excluding hydrogens is 321 g/mol. The van der Waals surface area contributed by atoms with Crippen LogP contribution in [0.25, 0.3) is 0 Å². The normalized spacial score (nSPS) is 15.8. The molecule has 1 saturated heterocycles. The number of hydrogen-bond donors (Lipinski definition) is 0. The maximum absolute atomic E-state index is 13.0. The largest absolute Gasteiger partial charge is 0.417 e. The predicted octanol–water partition coefficient (Wildman–Crippen LogP) is 2.23. The monoisotopic (exact) mass is 334 g/mol. The van der Waals surface area contributed by atoms with E-state index < -0.39 is 17.6 Å². The van der Waals surface area contributed by atoms with Gasteiger partial charge in [-0.3, -0.25) is 9.59 Å². The molecule has 0 aromatic heterocycles. The van der Waals surface area contributed by atoms with Crippen molar-refractivity contribution in [2.45, 2.75) is 6.18 Å². The molecule has 1 aromatic carbocycles. The molecule has 22 heavy (non-hydrogen) atoms. The van der Waals surface area contributed by atoms with Gasteiger partial charge in [-0.25, -0.2) is 0 Å². The molecule has 4 nitrogen and oxygen atoms in total. The lowest BCUT2D eigenvalue weighted by molar-refractivity contribution is -0.138. The maximum atomic E-state index is 13.0. The minimum absolute atomic E-state index is 0.148. The van der Waals surface area contributed by atoms with Crippen LogP contribution in [0.4, 0.5) is 13.2 Å². The molecule has 120 valence electrons. The van der Waals surface area contributed by atoms with E-state index in [0.717, 1.165) is 6.07 Å². The van der Waals surface area contributed by atoms with E-state index in [2.05, 4.69) is 0 Å². The van der Waals surface area contributed by atoms with Gasteiger partial charge in [-0.2, -0.15) is 13.2 Å². The van der Waals surface area contributed by atoms with E-state index in [4.69, 9.17) is 11.6 Å². The van der Waals surface area contributed by atoms with Crippen molar-refractivity contribution in [1.29, 1.82) is 0 Å². The van der Waals surface area contributed by atoms with Gasteiger partial charge in [-0.15, -0.1) is 11.6 Å². The molecule has 1 aromatic rings. The van der Waals surface area contributed by atoms with Gasteiger partial charge < -0.3 is 9.80 Å². The van der Waals surface area contributed by atoms with E-state index >= 15 is 0 Å². The van der Waals surface area contributed by atoms with Crippen molar-refractivity contribution >= 4 is 23.4 Å². The summed E-state index contributed by atoms with van der Waals surface area (Å²) < 4.78 is 38.9. The third kappa shape index (κ3) is 3.52. The van der Waals surface area contributed by atoms with Gasteiger partial charge in [0.05, 0.1) is 11.1 Å². The molecule has 0 aliphatic carbocycles. The molecule has 0 bridgehead atoms. The molecule has 2 rings (SSSR count). The standard InChI is InChI=1S/C14H14ClF3N2O2/c15-9-12(21)19-5-7-20(8-6-19)13(22)10-3-1-2-4-11(10)14(16,17)18/h1-4H,5-9H2. The van der Waals surface area contributed by atoms with Crippen LogP contribution in [0.15, 0.2) is 24.3 Å². The van der Waals surface area contributed by atoms with Gasteiger partial charge in [0.15, 0.2) is 0 Å². The third-order valence-corrected chi connectivity index (χ3v) is 3.73. The van der Waals surface area contributed by atoms with Crippen LogP contribution < -0.4 is 0 Å². The van der Waals surface area contributed by atoms with Gasteiger partial charge >= 0.3 is 6.18 Å². The molecule has 1 aliphatic heterocycles. The zero-order valence-corrected chi connectivity index (χ0v) is 12.3. The molecule has 1 fully saturated rings. The number of hydrogen-bond acceptors (Lipinski definition) is 2. The zero-order chi connectivity index (χ0) is 16.3. The van der Waals surface area contributed by atoms with Crippen LogP contribution in [-0.4, -0.2) is 53.7 Å². The SMILES string of the molecule is O=C(CCl)N1CCN(C(=O)c2ccccc2C(F)(F)F)CC1. The summed E-state index contributed by atoms with van der Waals surface area (Å²) in [6, 6.07) is 4.70. The average Bonchev–Trinajstić information content (AvgIpc) is 2.52. The minimum atomic E-state index is -4.58. The molecule has 0 N–H and O–H groups in total. The first kappa shape index (κ1) is 16.6. The van der Waals surface area contributed by atoms with Gasteiger partial charge in [0.2, 0.25) is 5.91 Å². The molecule has 0 atom stereocenters. The van der Waals surface area contributed by atoms with E-state index in [1.807, 2.05) is 0 Å². The van der Waals surface area contributed by atoms with E-state index in [0.29, 0.717) is 0 Å². The van der Waals surface area contributed by atoms with Crippen LogP contribution in [-0.2, 0) is 11.0 Å². The minimum Gasteiger partial charge on any atom is -0.338 e. The summed E-state index contributed by atoms with van der Waals surface area (Å²) in [7, 11) is 0. The molecule has 0 radical (unpaired) electrons. The molecule has 0 saturated carbocycles. The van der Waals surface area contributed by atoms with Crippen molar-refractivity contribution in [2.24, 2.45) is 0 Å². The van der Waals surface area contributed by atoms with Crippen molar-refractivity contribution in [2.75, 3.05) is 32.1 Å². The fraction of sp³-hybridized carbons (Fsp3) is 0.429. The lowest BCUT2D eigenvalue weighted by atomic mass is 10.1. The highest BCUT2D eigenvalue weighted by Crippen LogP contribution is 2.32. The number of carbonyl (C=O) groups is 2. The summed E-state index contributed by atoms with van der Waals surface area (Å²) in [5.74, 6) is -1.07. The van der Waals surface area contributed by atoms with Crippen molar-refractivity contribution < 1.29 is 22.8 Å². The van der Waals surface area contributed by atoms with Crippen LogP contribution in [0.5, 0.6) is 0 Å². The zero-order valence-electron chi connectivity index (χ0n) is 11.6. The highest BCUT2D eigenvalue weighted by Gasteiger charge is 2.36. The van der Waals surface area contributed by atoms with Gasteiger partial charge in [0.25, 0.3) is 5.91 Å². The second kappa shape index (κ2) is 6.56. The number of alkyl halides is 4. The highest BCUT2D eigenvalue weighted by molar-refractivity contribution is 6.27. The van der Waals surface area contributed by atoms with Crippen LogP contribution in [0, 0.1) is 0 Å². The van der Waals surface area contributed by atoms with Crippen molar-refractivity contribution in [1.82, 2.24) is 9.80 Å². The fourth-order valence-electron chi connectivity index (χ4n) is 2.33. The number of piperazine rings is 1. The Morgan fingerprint density at radius 1 is 1.05 bits per heavy atom. The number of rotatable bonds is 2. The molecular formula is C14H14ClF3N2O2. The number of nitrogens with zero attached hydrogens (tertiary/aromatic N) is 2. The first-order chi connectivity index (χ1) is 10.3. The quantitative estimate of drug-likeness (QED) is 0.778. The summed E-state index contributed by atoms with van der Waals surface area (Å²) in [5.41, 5.74) is -1.31. The second-order valence-electron chi connectivity index (χ2n) is 4.85. The third-order valence-electron chi connectivity index (χ3n) is 3.50. The Morgan fingerprint density at radius 3 is 2.14 bits per heavy atom. The molecule has 2 amide bonds. The van der Waals surface area contributed by atoms with E-state index in [1.54, 1.807) is 0 Å². The summed E-state index contributed by atoms with van der Waals surface area (Å²) in [5, 5.41) is 0. The first-order valence-corrected chi connectivity index (χ1v) is 7.17. The molecule has 8 heteroatoms. The first-order valence-electron chi connectivity index (χ1n) is 6.64. The van der Waals surface area contributed by atoms with E-state index in [-0.39, 0.29) is 43.5 Å². The Hall–Kier alpha value is -1.76. The van der Waals surface area contributed by atoms with Crippen molar-refractivity contribution in [3.8, 4) is 0 Å². The Bertz CT molecular complexity index is 569. The number of amides is 2. The maximum Gasteiger partial charge on any atom is 0.417 e. The number of benzene rings is 1. The van der Waals surface area contributed by atoms with Crippen LogP contribution in [0.1, 0.15) is 15.9 Å². The summed E-state index contributed by atoms with van der Waals surface area (Å²) in [6.45, 7) is 0.915. The topological polar surface area (TPSA) is 40.6 Å². The number of halogens is 4. The summed E-state index contributed by atoms with van der Waals surface area (Å²) >= 11 is 5.45. The van der Waals surface area contributed by atoms with Gasteiger partial charge in [0, 0.05) is 26.2 Å². The molecule has 1 aliphatic rings. The Balaban J connectivity index is 2.13.